The van der Waals surface area contributed by atoms with E-state index >= 15 is 0 Å². The first-order chi connectivity index (χ1) is 14.1. The molecule has 1 atom stereocenters. The van der Waals surface area contributed by atoms with Crippen LogP contribution in [0, 0.1) is 6.92 Å². The molecule has 0 unspecified atom stereocenters. The van der Waals surface area contributed by atoms with Gasteiger partial charge in [0.25, 0.3) is 0 Å². The summed E-state index contributed by atoms with van der Waals surface area (Å²) in [4.78, 5) is 28.1. The van der Waals surface area contributed by atoms with E-state index in [-0.39, 0.29) is 17.9 Å². The smallest absolute Gasteiger partial charge is 0.249 e. The molecule has 0 saturated heterocycles. The van der Waals surface area contributed by atoms with Gasteiger partial charge in [0.2, 0.25) is 11.8 Å². The van der Waals surface area contributed by atoms with E-state index < -0.39 is 6.04 Å². The first-order valence-corrected chi connectivity index (χ1v) is 10.9. The lowest BCUT2D eigenvalue weighted by Gasteiger charge is -2.37. The zero-order chi connectivity index (χ0) is 20.2. The van der Waals surface area contributed by atoms with Crippen molar-refractivity contribution in [3.05, 3.63) is 59.4 Å². The van der Waals surface area contributed by atoms with Gasteiger partial charge in [-0.25, -0.2) is 0 Å². The molecule has 0 radical (unpaired) electrons. The van der Waals surface area contributed by atoms with E-state index in [4.69, 9.17) is 0 Å². The third-order valence-corrected chi connectivity index (χ3v) is 6.26. The molecule has 0 spiro atoms. The highest BCUT2D eigenvalue weighted by molar-refractivity contribution is 5.90. The Morgan fingerprint density at radius 3 is 2.45 bits per heavy atom. The molecule has 1 aliphatic carbocycles. The summed E-state index contributed by atoms with van der Waals surface area (Å²) in [5.41, 5.74) is 3.14. The monoisotopic (exact) mass is 393 g/mol. The summed E-state index contributed by atoms with van der Waals surface area (Å²) < 4.78 is 1.91. The molecule has 4 rings (SSSR count). The Balaban J connectivity index is 1.56. The highest BCUT2D eigenvalue weighted by Gasteiger charge is 2.38. The third-order valence-electron chi connectivity index (χ3n) is 6.26. The number of nitrogens with zero attached hydrogens (tertiary/aromatic N) is 2. The second-order valence-corrected chi connectivity index (χ2v) is 8.52. The van der Waals surface area contributed by atoms with Crippen molar-refractivity contribution in [1.82, 2.24) is 14.8 Å². The largest absolute Gasteiger partial charge is 0.351 e. The van der Waals surface area contributed by atoms with Gasteiger partial charge in [-0.15, -0.1) is 0 Å². The van der Waals surface area contributed by atoms with E-state index in [1.807, 2.05) is 42.0 Å². The molecule has 29 heavy (non-hydrogen) atoms. The van der Waals surface area contributed by atoms with E-state index in [0.717, 1.165) is 36.9 Å². The Morgan fingerprint density at radius 1 is 1.03 bits per heavy atom. The summed E-state index contributed by atoms with van der Waals surface area (Å²) in [6.45, 7) is 2.79. The number of rotatable bonds is 4. The van der Waals surface area contributed by atoms with Crippen LogP contribution in [0.25, 0.3) is 0 Å². The van der Waals surface area contributed by atoms with E-state index in [9.17, 15) is 9.59 Å². The van der Waals surface area contributed by atoms with Crippen LogP contribution < -0.4 is 5.32 Å². The minimum Gasteiger partial charge on any atom is -0.351 e. The number of hydrogen-bond donors (Lipinski definition) is 1. The summed E-state index contributed by atoms with van der Waals surface area (Å²) >= 11 is 0. The fourth-order valence-electron chi connectivity index (χ4n) is 4.59. The zero-order valence-corrected chi connectivity index (χ0v) is 17.3. The molecular formula is C24H31N3O2. The van der Waals surface area contributed by atoms with Gasteiger partial charge in [-0.1, -0.05) is 61.9 Å². The van der Waals surface area contributed by atoms with E-state index in [1.165, 1.54) is 24.8 Å². The first kappa shape index (κ1) is 19.7. The molecule has 154 valence electrons. The Bertz CT molecular complexity index is 847. The fourth-order valence-corrected chi connectivity index (χ4v) is 4.59. The zero-order valence-electron chi connectivity index (χ0n) is 17.3. The number of carbonyl (C=O) groups excluding carboxylic acids is 2. The average molecular weight is 394 g/mol. The number of benzene rings is 1. The lowest BCUT2D eigenvalue weighted by Crippen LogP contribution is -2.50. The molecular weight excluding hydrogens is 362 g/mol. The van der Waals surface area contributed by atoms with Crippen molar-refractivity contribution < 1.29 is 9.59 Å². The number of nitrogens with one attached hydrogen (secondary N) is 1. The molecule has 1 aromatic carbocycles. The molecule has 0 bridgehead atoms. The summed E-state index contributed by atoms with van der Waals surface area (Å²) in [5.74, 6) is -0.0530. The SMILES string of the molecule is Cc1ccc(CN2C(=O)Cn3cccc3[C@H]2C(=O)NC2CCCCCCC2)cc1. The van der Waals surface area contributed by atoms with Gasteiger partial charge in [0.1, 0.15) is 6.54 Å². The maximum absolute atomic E-state index is 13.4. The number of aromatic nitrogens is 1. The Hall–Kier alpha value is -2.56. The van der Waals surface area contributed by atoms with Gasteiger partial charge in [-0.3, -0.25) is 9.59 Å². The minimum absolute atomic E-state index is 0.00732. The minimum atomic E-state index is -0.571. The van der Waals surface area contributed by atoms with Gasteiger partial charge >= 0.3 is 0 Å². The Morgan fingerprint density at radius 2 is 1.72 bits per heavy atom. The van der Waals surface area contributed by atoms with Crippen molar-refractivity contribution in [2.45, 2.75) is 77.0 Å². The average Bonchev–Trinajstić information content (AvgIpc) is 3.13. The predicted molar refractivity (Wildman–Crippen MR) is 113 cm³/mol. The van der Waals surface area contributed by atoms with Gasteiger partial charge in [-0.2, -0.15) is 0 Å². The van der Waals surface area contributed by atoms with Crippen LogP contribution in [-0.4, -0.2) is 27.3 Å². The quantitative estimate of drug-likeness (QED) is 0.850. The lowest BCUT2D eigenvalue weighted by atomic mass is 9.96. The van der Waals surface area contributed by atoms with Crippen LogP contribution in [0.3, 0.4) is 0 Å². The van der Waals surface area contributed by atoms with Crippen LogP contribution in [0.15, 0.2) is 42.6 Å². The van der Waals surface area contributed by atoms with Gasteiger partial charge in [0.15, 0.2) is 6.04 Å². The topological polar surface area (TPSA) is 54.3 Å². The van der Waals surface area contributed by atoms with Crippen LogP contribution in [0.1, 0.15) is 67.8 Å². The standard InChI is InChI=1S/C24H31N3O2/c1-18-11-13-19(14-12-18)16-27-22(28)17-26-15-7-10-21(26)23(27)24(29)25-20-8-5-3-2-4-6-9-20/h7,10-15,20,23H,2-6,8-9,16-17H2,1H3,(H,25,29)/t23-/m0/s1. The van der Waals surface area contributed by atoms with Crippen LogP contribution in [0.5, 0.6) is 0 Å². The maximum Gasteiger partial charge on any atom is 0.249 e. The number of hydrogen-bond acceptors (Lipinski definition) is 2. The van der Waals surface area contributed by atoms with Gasteiger partial charge in [-0.05, 0) is 37.5 Å². The van der Waals surface area contributed by atoms with Crippen LogP contribution in [0.2, 0.25) is 0 Å². The van der Waals surface area contributed by atoms with Crippen LogP contribution >= 0.6 is 0 Å². The Kier molecular flexibility index (Phi) is 6.02. The number of aryl methyl sites for hydroxylation is 1. The van der Waals surface area contributed by atoms with Gasteiger partial charge in [0, 0.05) is 18.8 Å². The van der Waals surface area contributed by atoms with Crippen molar-refractivity contribution in [3.63, 3.8) is 0 Å². The first-order valence-electron chi connectivity index (χ1n) is 10.9. The second-order valence-electron chi connectivity index (χ2n) is 8.52. The maximum atomic E-state index is 13.4. The van der Waals surface area contributed by atoms with Gasteiger partial charge < -0.3 is 14.8 Å². The molecule has 1 fully saturated rings. The molecule has 1 saturated carbocycles. The molecule has 5 heteroatoms. The molecule has 2 heterocycles. The van der Waals surface area contributed by atoms with Crippen molar-refractivity contribution in [2.75, 3.05) is 0 Å². The Labute approximate surface area is 173 Å². The van der Waals surface area contributed by atoms with Gasteiger partial charge in [0.05, 0.1) is 5.69 Å². The van der Waals surface area contributed by atoms with Crippen molar-refractivity contribution in [1.29, 1.82) is 0 Å². The predicted octanol–water partition coefficient (Wildman–Crippen LogP) is 4.11. The highest BCUT2D eigenvalue weighted by atomic mass is 16.2. The molecule has 2 aromatic rings. The van der Waals surface area contributed by atoms with Crippen LogP contribution in [-0.2, 0) is 22.7 Å². The fraction of sp³-hybridized carbons (Fsp3) is 0.500. The van der Waals surface area contributed by atoms with E-state index in [0.29, 0.717) is 13.1 Å². The molecule has 5 nitrogen and oxygen atoms in total. The molecule has 1 N–H and O–H groups in total. The summed E-state index contributed by atoms with van der Waals surface area (Å²) in [6.07, 6.45) is 10.1. The van der Waals surface area contributed by atoms with E-state index in [1.54, 1.807) is 4.90 Å². The lowest BCUT2D eigenvalue weighted by molar-refractivity contribution is -0.144. The van der Waals surface area contributed by atoms with Crippen molar-refractivity contribution >= 4 is 11.8 Å². The second kappa shape index (κ2) is 8.85. The van der Waals surface area contributed by atoms with Crippen LogP contribution in [0.4, 0.5) is 0 Å². The highest BCUT2D eigenvalue weighted by Crippen LogP contribution is 2.29. The van der Waals surface area contributed by atoms with Crippen molar-refractivity contribution in [3.8, 4) is 0 Å². The summed E-state index contributed by atoms with van der Waals surface area (Å²) in [5, 5.41) is 3.29. The third kappa shape index (κ3) is 4.55. The normalized spacial score (nSPS) is 20.7. The number of fused-ring (bicyclic) bond motifs is 1. The summed E-state index contributed by atoms with van der Waals surface area (Å²) in [6, 6.07) is 11.7. The molecule has 1 aliphatic heterocycles. The molecule has 2 aliphatic rings. The number of carbonyl (C=O) groups is 2. The summed E-state index contributed by atoms with van der Waals surface area (Å²) in [7, 11) is 0. The van der Waals surface area contributed by atoms with Crippen molar-refractivity contribution in [2.24, 2.45) is 0 Å². The van der Waals surface area contributed by atoms with E-state index in [2.05, 4.69) is 17.4 Å². The molecule has 1 aromatic heterocycles. The molecule has 2 amide bonds. The number of amides is 2.